The summed E-state index contributed by atoms with van der Waals surface area (Å²) in [7, 11) is 2.91. The molecule has 6 heteroatoms. The lowest BCUT2D eigenvalue weighted by molar-refractivity contribution is 0.0600. The largest absolute Gasteiger partial charge is 0.497 e. The fourth-order valence-electron chi connectivity index (χ4n) is 1.91. The summed E-state index contributed by atoms with van der Waals surface area (Å²) in [5.74, 6) is 0.189. The van der Waals surface area contributed by atoms with Crippen LogP contribution in [-0.2, 0) is 4.74 Å². The van der Waals surface area contributed by atoms with E-state index >= 15 is 0 Å². The van der Waals surface area contributed by atoms with Crippen LogP contribution in [0.4, 0.5) is 0 Å². The molecule has 0 saturated heterocycles. The molecule has 0 radical (unpaired) electrons. The molecule has 0 bridgehead atoms. The summed E-state index contributed by atoms with van der Waals surface area (Å²) in [5.41, 5.74) is 1.59. The first kappa shape index (κ1) is 17.2. The van der Waals surface area contributed by atoms with Crippen LogP contribution in [0.1, 0.15) is 26.3 Å². The molecule has 0 fully saturated rings. The molecule has 2 rings (SSSR count). The topological polar surface area (TPSA) is 52.6 Å². The Hall–Kier alpha value is -1.16. The van der Waals surface area contributed by atoms with Gasteiger partial charge in [0.2, 0.25) is 0 Å². The summed E-state index contributed by atoms with van der Waals surface area (Å²) >= 11 is 4.12. The molecule has 0 aliphatic carbocycles. The fourth-order valence-corrected chi connectivity index (χ4v) is 4.17. The number of ketones is 1. The number of benzene rings is 2. The highest BCUT2D eigenvalue weighted by Gasteiger charge is 2.19. The predicted molar refractivity (Wildman–Crippen MR) is 99.6 cm³/mol. The van der Waals surface area contributed by atoms with E-state index in [2.05, 4.69) is 45.2 Å². The van der Waals surface area contributed by atoms with Crippen LogP contribution in [-0.4, -0.2) is 26.0 Å². The molecule has 0 unspecified atom stereocenters. The molecule has 4 nitrogen and oxygen atoms in total. The van der Waals surface area contributed by atoms with Gasteiger partial charge in [-0.3, -0.25) is 4.79 Å². The van der Waals surface area contributed by atoms with Crippen molar-refractivity contribution in [1.29, 1.82) is 0 Å². The molecule has 0 saturated carbocycles. The molecule has 114 valence electrons. The third-order valence-electron chi connectivity index (χ3n) is 3.04. The van der Waals surface area contributed by atoms with Gasteiger partial charge in [-0.15, -0.1) is 0 Å². The second kappa shape index (κ2) is 7.40. The molecule has 22 heavy (non-hydrogen) atoms. The highest BCUT2D eigenvalue weighted by molar-refractivity contribution is 14.1. The van der Waals surface area contributed by atoms with E-state index in [9.17, 15) is 9.59 Å². The highest BCUT2D eigenvalue weighted by atomic mass is 127. The number of halogens is 2. The van der Waals surface area contributed by atoms with Crippen LogP contribution in [0.15, 0.2) is 36.4 Å². The van der Waals surface area contributed by atoms with Crippen LogP contribution >= 0.6 is 45.2 Å². The van der Waals surface area contributed by atoms with Crippen molar-refractivity contribution in [3.63, 3.8) is 0 Å². The van der Waals surface area contributed by atoms with Crippen molar-refractivity contribution in [2.24, 2.45) is 0 Å². The number of hydrogen-bond donors (Lipinski definition) is 0. The first-order valence-corrected chi connectivity index (χ1v) is 8.39. The van der Waals surface area contributed by atoms with Gasteiger partial charge in [-0.05, 0) is 81.6 Å². The smallest absolute Gasteiger partial charge is 0.337 e. The Labute approximate surface area is 155 Å². The molecule has 0 N–H and O–H groups in total. The number of methoxy groups -OCH3 is 2. The average Bonchev–Trinajstić information content (AvgIpc) is 2.53. The molecule has 0 aliphatic rings. The van der Waals surface area contributed by atoms with Crippen LogP contribution < -0.4 is 4.74 Å². The van der Waals surface area contributed by atoms with E-state index in [4.69, 9.17) is 9.47 Å². The van der Waals surface area contributed by atoms with Crippen LogP contribution in [0.3, 0.4) is 0 Å². The van der Waals surface area contributed by atoms with Crippen molar-refractivity contribution in [2.75, 3.05) is 14.2 Å². The Kier molecular flexibility index (Phi) is 5.79. The van der Waals surface area contributed by atoms with Crippen LogP contribution in [0.25, 0.3) is 0 Å². The number of ether oxygens (including phenoxy) is 2. The summed E-state index contributed by atoms with van der Waals surface area (Å²) < 4.78 is 11.2. The average molecular weight is 522 g/mol. The lowest BCUT2D eigenvalue weighted by atomic mass is 10.0. The third kappa shape index (κ3) is 3.60. The SMILES string of the molecule is COC(=O)c1cc(I)c(C(=O)c2ccc(OC)cc2)c(I)c1. The van der Waals surface area contributed by atoms with Crippen molar-refractivity contribution in [3.05, 3.63) is 60.2 Å². The Morgan fingerprint density at radius 2 is 1.45 bits per heavy atom. The lowest BCUT2D eigenvalue weighted by Crippen LogP contribution is -2.10. The van der Waals surface area contributed by atoms with Gasteiger partial charge in [0.05, 0.1) is 19.8 Å². The molecule has 0 heterocycles. The molecular formula is C16H12I2O4. The second-order valence-corrected chi connectivity index (χ2v) is 6.69. The van der Waals surface area contributed by atoms with E-state index in [0.29, 0.717) is 29.6 Å². The van der Waals surface area contributed by atoms with Crippen molar-refractivity contribution >= 4 is 56.9 Å². The maximum Gasteiger partial charge on any atom is 0.337 e. The zero-order valence-corrected chi connectivity index (χ0v) is 16.2. The monoisotopic (exact) mass is 522 g/mol. The van der Waals surface area contributed by atoms with Crippen molar-refractivity contribution in [1.82, 2.24) is 0 Å². The first-order valence-electron chi connectivity index (χ1n) is 6.24. The van der Waals surface area contributed by atoms with Gasteiger partial charge in [0.15, 0.2) is 5.78 Å². The summed E-state index contributed by atoms with van der Waals surface area (Å²) in [4.78, 5) is 24.3. The fraction of sp³-hybridized carbons (Fsp3) is 0.125. The lowest BCUT2D eigenvalue weighted by Gasteiger charge is -2.09. The Morgan fingerprint density at radius 3 is 1.91 bits per heavy atom. The van der Waals surface area contributed by atoms with Gasteiger partial charge in [0, 0.05) is 18.3 Å². The third-order valence-corrected chi connectivity index (χ3v) is 4.74. The van der Waals surface area contributed by atoms with E-state index in [0.717, 1.165) is 0 Å². The molecule has 0 amide bonds. The maximum absolute atomic E-state index is 12.7. The van der Waals surface area contributed by atoms with Crippen LogP contribution in [0, 0.1) is 7.14 Å². The van der Waals surface area contributed by atoms with Crippen LogP contribution in [0.2, 0.25) is 0 Å². The van der Waals surface area contributed by atoms with Crippen molar-refractivity contribution in [2.45, 2.75) is 0 Å². The maximum atomic E-state index is 12.7. The summed E-state index contributed by atoms with van der Waals surface area (Å²) in [6.07, 6.45) is 0. The predicted octanol–water partition coefficient (Wildman–Crippen LogP) is 3.92. The molecule has 0 atom stereocenters. The van der Waals surface area contributed by atoms with Gasteiger partial charge >= 0.3 is 5.97 Å². The van der Waals surface area contributed by atoms with E-state index in [1.807, 2.05) is 0 Å². The summed E-state index contributed by atoms with van der Waals surface area (Å²) in [6.45, 7) is 0. The zero-order chi connectivity index (χ0) is 16.3. The highest BCUT2D eigenvalue weighted by Crippen LogP contribution is 2.25. The van der Waals surface area contributed by atoms with Crippen LogP contribution in [0.5, 0.6) is 5.75 Å². The quantitative estimate of drug-likeness (QED) is 0.348. The van der Waals surface area contributed by atoms with Gasteiger partial charge in [-0.2, -0.15) is 0 Å². The van der Waals surface area contributed by atoms with Crippen molar-refractivity contribution in [3.8, 4) is 5.75 Å². The summed E-state index contributed by atoms with van der Waals surface area (Å²) in [6, 6.07) is 10.3. The molecule has 0 spiro atoms. The van der Waals surface area contributed by atoms with E-state index in [1.165, 1.54) is 7.11 Å². The standard InChI is InChI=1S/C16H12I2O4/c1-21-11-5-3-9(4-6-11)15(19)14-12(17)7-10(8-13(14)18)16(20)22-2/h3-8H,1-2H3. The van der Waals surface area contributed by atoms with E-state index in [-0.39, 0.29) is 5.78 Å². The van der Waals surface area contributed by atoms with Gasteiger partial charge < -0.3 is 9.47 Å². The minimum Gasteiger partial charge on any atom is -0.497 e. The van der Waals surface area contributed by atoms with Gasteiger partial charge in [0.25, 0.3) is 0 Å². The molecule has 2 aromatic carbocycles. The molecule has 2 aromatic rings. The molecule has 0 aliphatic heterocycles. The van der Waals surface area contributed by atoms with E-state index < -0.39 is 5.97 Å². The Bertz CT molecular complexity index is 700. The number of esters is 1. The normalized spacial score (nSPS) is 10.2. The zero-order valence-electron chi connectivity index (χ0n) is 11.9. The number of rotatable bonds is 4. The Morgan fingerprint density at radius 1 is 0.909 bits per heavy atom. The second-order valence-electron chi connectivity index (χ2n) is 4.36. The molecule has 0 aromatic heterocycles. The number of carbonyl (C=O) groups excluding carboxylic acids is 2. The van der Waals surface area contributed by atoms with Gasteiger partial charge in [-0.1, -0.05) is 0 Å². The van der Waals surface area contributed by atoms with Crippen molar-refractivity contribution < 1.29 is 19.1 Å². The summed E-state index contributed by atoms with van der Waals surface area (Å²) in [5, 5.41) is 0. The molecular weight excluding hydrogens is 510 g/mol. The minimum atomic E-state index is -0.417. The van der Waals surface area contributed by atoms with Gasteiger partial charge in [-0.25, -0.2) is 4.79 Å². The number of hydrogen-bond acceptors (Lipinski definition) is 4. The Balaban J connectivity index is 2.43. The van der Waals surface area contributed by atoms with E-state index in [1.54, 1.807) is 43.5 Å². The first-order chi connectivity index (χ1) is 10.5. The number of carbonyl (C=O) groups is 2. The minimum absolute atomic E-state index is 0.0899. The van der Waals surface area contributed by atoms with Gasteiger partial charge in [0.1, 0.15) is 5.75 Å².